The Labute approximate surface area is 114 Å². The van der Waals surface area contributed by atoms with Crippen LogP contribution in [0.1, 0.15) is 18.4 Å². The Bertz CT molecular complexity index is 517. The van der Waals surface area contributed by atoms with Gasteiger partial charge in [0, 0.05) is 25.1 Å². The molecule has 1 unspecified atom stereocenters. The lowest BCUT2D eigenvalue weighted by Crippen LogP contribution is -2.24. The highest BCUT2D eigenvalue weighted by atomic mass is 32.2. The highest BCUT2D eigenvalue weighted by Gasteiger charge is 2.39. The van der Waals surface area contributed by atoms with Crippen molar-refractivity contribution in [3.63, 3.8) is 0 Å². The maximum Gasteiger partial charge on any atom is 0.445 e. The van der Waals surface area contributed by atoms with Crippen LogP contribution in [0.25, 0.3) is 0 Å². The average Bonchev–Trinajstić information content (AvgIpc) is 2.82. The van der Waals surface area contributed by atoms with E-state index in [0.29, 0.717) is 11.3 Å². The first kappa shape index (κ1) is 14.3. The van der Waals surface area contributed by atoms with Gasteiger partial charge in [0.2, 0.25) is 16.0 Å². The summed E-state index contributed by atoms with van der Waals surface area (Å²) in [4.78, 5) is 23.8. The predicted octanol–water partition coefficient (Wildman–Crippen LogP) is 1.94. The molecule has 1 amide bonds. The van der Waals surface area contributed by atoms with Crippen LogP contribution in [0.3, 0.4) is 0 Å². The van der Waals surface area contributed by atoms with Gasteiger partial charge in [-0.3, -0.25) is 14.5 Å². The summed E-state index contributed by atoms with van der Waals surface area (Å²) in [5.41, 5.74) is 0. The van der Waals surface area contributed by atoms with Crippen molar-refractivity contribution in [3.8, 4) is 0 Å². The zero-order valence-corrected chi connectivity index (χ0v) is 11.2. The topological polar surface area (TPSA) is 63.2 Å². The second-order valence-electron chi connectivity index (χ2n) is 3.83. The first-order valence-electron chi connectivity index (χ1n) is 5.15. The molecule has 1 saturated heterocycles. The minimum Gasteiger partial charge on any atom is -0.288 e. The third kappa shape index (κ3) is 3.24. The molecule has 1 aliphatic heterocycles. The van der Waals surface area contributed by atoms with Crippen LogP contribution in [0.15, 0.2) is 0 Å². The summed E-state index contributed by atoms with van der Waals surface area (Å²) in [5.74, 6) is -0.344. The number of halogens is 3. The summed E-state index contributed by atoms with van der Waals surface area (Å²) in [6, 6.07) is 0. The molecule has 0 N–H and O–H groups in total. The molecule has 1 fully saturated rings. The fourth-order valence-corrected chi connectivity index (χ4v) is 3.27. The predicted molar refractivity (Wildman–Crippen MR) is 63.9 cm³/mol. The molecule has 0 bridgehead atoms. The minimum absolute atomic E-state index is 0.0797. The van der Waals surface area contributed by atoms with Crippen molar-refractivity contribution in [1.29, 1.82) is 0 Å². The van der Waals surface area contributed by atoms with Gasteiger partial charge in [-0.05, 0) is 0 Å². The second-order valence-corrected chi connectivity index (χ2v) is 6.26. The van der Waals surface area contributed by atoms with Crippen molar-refractivity contribution in [2.45, 2.75) is 24.8 Å². The van der Waals surface area contributed by atoms with E-state index >= 15 is 0 Å². The lowest BCUT2D eigenvalue weighted by Gasteiger charge is -2.11. The monoisotopic (exact) mass is 311 g/mol. The number of anilines is 1. The van der Waals surface area contributed by atoms with Gasteiger partial charge in [0.25, 0.3) is 0 Å². The largest absolute Gasteiger partial charge is 0.445 e. The Morgan fingerprint density at radius 3 is 2.68 bits per heavy atom. The number of thioether (sulfide) groups is 1. The number of amides is 1. The normalized spacial score (nSPS) is 20.1. The van der Waals surface area contributed by atoms with Gasteiger partial charge < -0.3 is 0 Å². The molecule has 0 spiro atoms. The average molecular weight is 311 g/mol. The van der Waals surface area contributed by atoms with Gasteiger partial charge in [0.05, 0.1) is 0 Å². The van der Waals surface area contributed by atoms with Crippen molar-refractivity contribution < 1.29 is 22.8 Å². The Kier molecular flexibility index (Phi) is 3.81. The number of nitrogens with zero attached hydrogens (tertiary/aromatic N) is 3. The summed E-state index contributed by atoms with van der Waals surface area (Å²) in [6.45, 7) is 1.56. The first-order chi connectivity index (χ1) is 8.77. The van der Waals surface area contributed by atoms with Gasteiger partial charge in [-0.25, -0.2) is 0 Å². The lowest BCUT2D eigenvalue weighted by atomic mass is 10.4. The maximum atomic E-state index is 12.4. The standard InChI is InChI=1S/C9H8F3N3O2S2/c1-4(16)18-5-2-6(17)15(3-5)8-14-13-7(19-8)9(10,11)12/h5H,2-3H2,1H3. The molecule has 19 heavy (non-hydrogen) atoms. The number of aromatic nitrogens is 2. The van der Waals surface area contributed by atoms with E-state index in [0.717, 1.165) is 16.7 Å². The summed E-state index contributed by atoms with van der Waals surface area (Å²) in [7, 11) is 0. The molecule has 1 aromatic rings. The third-order valence-corrected chi connectivity index (χ3v) is 4.28. The van der Waals surface area contributed by atoms with Gasteiger partial charge in [-0.1, -0.05) is 23.1 Å². The van der Waals surface area contributed by atoms with Crippen molar-refractivity contribution in [3.05, 3.63) is 5.01 Å². The van der Waals surface area contributed by atoms with Crippen LogP contribution < -0.4 is 4.90 Å². The molecule has 5 nitrogen and oxygen atoms in total. The Balaban J connectivity index is 2.12. The van der Waals surface area contributed by atoms with Crippen molar-refractivity contribution in [1.82, 2.24) is 10.2 Å². The number of alkyl halides is 3. The van der Waals surface area contributed by atoms with Crippen LogP contribution in [-0.2, 0) is 15.8 Å². The molecule has 0 saturated carbocycles. The fraction of sp³-hybridized carbons (Fsp3) is 0.556. The number of hydrogen-bond donors (Lipinski definition) is 0. The molecule has 1 aromatic heterocycles. The van der Waals surface area contributed by atoms with Crippen molar-refractivity contribution in [2.75, 3.05) is 11.4 Å². The molecule has 0 aromatic carbocycles. The number of rotatable bonds is 2. The van der Waals surface area contributed by atoms with Gasteiger partial charge in [0.15, 0.2) is 5.12 Å². The first-order valence-corrected chi connectivity index (χ1v) is 6.85. The second kappa shape index (κ2) is 5.08. The zero-order chi connectivity index (χ0) is 14.2. The Morgan fingerprint density at radius 1 is 1.47 bits per heavy atom. The fourth-order valence-electron chi connectivity index (χ4n) is 1.61. The smallest absolute Gasteiger partial charge is 0.288 e. The van der Waals surface area contributed by atoms with Crippen molar-refractivity contribution in [2.24, 2.45) is 0 Å². The van der Waals surface area contributed by atoms with E-state index in [1.165, 1.54) is 6.92 Å². The highest BCUT2D eigenvalue weighted by molar-refractivity contribution is 8.14. The summed E-state index contributed by atoms with van der Waals surface area (Å²) in [5, 5.41) is 4.87. The number of carbonyl (C=O) groups excluding carboxylic acids is 2. The molecule has 10 heteroatoms. The van der Waals surface area contributed by atoms with E-state index in [-0.39, 0.29) is 34.4 Å². The van der Waals surface area contributed by atoms with Gasteiger partial charge >= 0.3 is 6.18 Å². The van der Waals surface area contributed by atoms with E-state index in [2.05, 4.69) is 10.2 Å². The van der Waals surface area contributed by atoms with Crippen molar-refractivity contribution >= 4 is 39.3 Å². The van der Waals surface area contributed by atoms with Gasteiger partial charge in [0.1, 0.15) is 0 Å². The summed E-state index contributed by atoms with van der Waals surface area (Å²) < 4.78 is 37.2. The summed E-state index contributed by atoms with van der Waals surface area (Å²) in [6.07, 6.45) is -4.45. The molecule has 104 valence electrons. The van der Waals surface area contributed by atoms with Gasteiger partial charge in [-0.15, -0.1) is 10.2 Å². The van der Waals surface area contributed by atoms with E-state index in [9.17, 15) is 22.8 Å². The van der Waals surface area contributed by atoms with E-state index in [4.69, 9.17) is 0 Å². The lowest BCUT2D eigenvalue weighted by molar-refractivity contribution is -0.138. The van der Waals surface area contributed by atoms with Crippen LogP contribution in [-0.4, -0.2) is 33.0 Å². The molecule has 2 heterocycles. The van der Waals surface area contributed by atoms with E-state index in [1.807, 2.05) is 0 Å². The molecule has 1 aliphatic rings. The van der Waals surface area contributed by atoms with Crippen LogP contribution in [0, 0.1) is 0 Å². The van der Waals surface area contributed by atoms with Crippen LogP contribution in [0.5, 0.6) is 0 Å². The van der Waals surface area contributed by atoms with Crippen LogP contribution >= 0.6 is 23.1 Å². The molecule has 2 rings (SSSR count). The van der Waals surface area contributed by atoms with Crippen LogP contribution in [0.2, 0.25) is 0 Å². The molecular formula is C9H8F3N3O2S2. The van der Waals surface area contributed by atoms with Gasteiger partial charge in [-0.2, -0.15) is 13.2 Å². The Morgan fingerprint density at radius 2 is 2.16 bits per heavy atom. The molecule has 0 radical (unpaired) electrons. The molecule has 1 atom stereocenters. The molecular weight excluding hydrogens is 303 g/mol. The van der Waals surface area contributed by atoms with E-state index < -0.39 is 11.2 Å². The quantitative estimate of drug-likeness (QED) is 0.835. The maximum absolute atomic E-state index is 12.4. The minimum atomic E-state index is -4.56. The zero-order valence-electron chi connectivity index (χ0n) is 9.60. The summed E-state index contributed by atoms with van der Waals surface area (Å²) >= 11 is 1.33. The third-order valence-electron chi connectivity index (χ3n) is 2.31. The Hall–Kier alpha value is -1.16. The molecule has 0 aliphatic carbocycles. The number of carbonyl (C=O) groups is 2. The highest BCUT2D eigenvalue weighted by Crippen LogP contribution is 2.36. The van der Waals surface area contributed by atoms with Crippen LogP contribution in [0.4, 0.5) is 18.3 Å². The SMILES string of the molecule is CC(=O)SC1CC(=O)N(c2nnc(C(F)(F)F)s2)C1. The van der Waals surface area contributed by atoms with E-state index in [1.54, 1.807) is 0 Å². The number of hydrogen-bond acceptors (Lipinski definition) is 6.